The molecule has 0 saturated carbocycles. The Balaban J connectivity index is 0.00000364. The fraction of sp³-hybridized carbons (Fsp3) is 0.294. The largest absolute Gasteiger partial charge is 0.356 e. The average Bonchev–Trinajstić information content (AvgIpc) is 3.17. The van der Waals surface area contributed by atoms with Crippen LogP contribution in [-0.2, 0) is 4.79 Å². The summed E-state index contributed by atoms with van der Waals surface area (Å²) in [6.07, 6.45) is 0. The quantitative estimate of drug-likeness (QED) is 0.240. The molecule has 0 radical (unpaired) electrons. The molecule has 3 N–H and O–H groups in total. The molecule has 5 nitrogen and oxygen atoms in total. The molecule has 0 spiro atoms. The van der Waals surface area contributed by atoms with Crippen LogP contribution in [0.3, 0.4) is 0 Å². The minimum atomic E-state index is -1.63. The Kier molecular flexibility index (Phi) is 9.56. The number of amides is 1. The molecule has 0 saturated heterocycles. The number of anilines is 1. The van der Waals surface area contributed by atoms with E-state index in [1.54, 1.807) is 18.4 Å². The Morgan fingerprint density at radius 2 is 1.93 bits per heavy atom. The highest BCUT2D eigenvalue weighted by molar-refractivity contribution is 14.0. The van der Waals surface area contributed by atoms with Crippen molar-refractivity contribution in [3.63, 3.8) is 0 Å². The van der Waals surface area contributed by atoms with E-state index in [0.717, 1.165) is 12.1 Å². The first kappa shape index (κ1) is 23.2. The molecule has 10 heteroatoms. The van der Waals surface area contributed by atoms with Crippen molar-refractivity contribution in [2.24, 2.45) is 4.99 Å². The van der Waals surface area contributed by atoms with E-state index in [0.29, 0.717) is 12.5 Å². The molecular formula is C17H20F3IN4OS. The highest BCUT2D eigenvalue weighted by Gasteiger charge is 2.15. The van der Waals surface area contributed by atoms with Crippen LogP contribution >= 0.6 is 35.3 Å². The second-order valence-electron chi connectivity index (χ2n) is 5.49. The summed E-state index contributed by atoms with van der Waals surface area (Å²) in [7, 11) is 1.55. The van der Waals surface area contributed by atoms with Crippen LogP contribution in [-0.4, -0.2) is 32.0 Å². The molecule has 0 aliphatic rings. The lowest BCUT2D eigenvalue weighted by Gasteiger charge is -2.15. The lowest BCUT2D eigenvalue weighted by atomic mass is 10.1. The maximum Gasteiger partial charge on any atom is 0.243 e. The van der Waals surface area contributed by atoms with Crippen molar-refractivity contribution in [1.82, 2.24) is 10.6 Å². The molecule has 0 bridgehead atoms. The Labute approximate surface area is 176 Å². The third-order valence-corrected chi connectivity index (χ3v) is 4.66. The predicted octanol–water partition coefficient (Wildman–Crippen LogP) is 3.69. The first-order valence-electron chi connectivity index (χ1n) is 7.83. The van der Waals surface area contributed by atoms with Gasteiger partial charge in [0.05, 0.1) is 12.2 Å². The smallest absolute Gasteiger partial charge is 0.243 e. The van der Waals surface area contributed by atoms with Gasteiger partial charge in [-0.05, 0) is 23.6 Å². The molecule has 1 atom stereocenters. The molecule has 27 heavy (non-hydrogen) atoms. The van der Waals surface area contributed by atoms with E-state index >= 15 is 0 Å². The number of carbonyl (C=O) groups is 1. The molecule has 148 valence electrons. The number of hydrogen-bond donors (Lipinski definition) is 3. The normalized spacial score (nSPS) is 12.1. The van der Waals surface area contributed by atoms with Crippen molar-refractivity contribution in [2.75, 3.05) is 25.5 Å². The van der Waals surface area contributed by atoms with E-state index in [4.69, 9.17) is 0 Å². The zero-order valence-corrected chi connectivity index (χ0v) is 17.8. The summed E-state index contributed by atoms with van der Waals surface area (Å²) in [6, 6.07) is 5.72. The number of hydrogen-bond acceptors (Lipinski definition) is 3. The summed E-state index contributed by atoms with van der Waals surface area (Å²) in [4.78, 5) is 17.1. The average molecular weight is 512 g/mol. The van der Waals surface area contributed by atoms with Crippen LogP contribution in [0.1, 0.15) is 17.7 Å². The van der Waals surface area contributed by atoms with Crippen molar-refractivity contribution in [3.8, 4) is 0 Å². The molecule has 1 amide bonds. The van der Waals surface area contributed by atoms with Gasteiger partial charge in [0.2, 0.25) is 5.91 Å². The fourth-order valence-electron chi connectivity index (χ4n) is 2.12. The lowest BCUT2D eigenvalue weighted by Crippen LogP contribution is -2.42. The molecule has 2 aromatic rings. The molecular weight excluding hydrogens is 492 g/mol. The molecule has 1 aromatic carbocycles. The number of nitrogens with one attached hydrogen (secondary N) is 3. The van der Waals surface area contributed by atoms with Gasteiger partial charge in [-0.3, -0.25) is 9.79 Å². The third kappa shape index (κ3) is 6.69. The summed E-state index contributed by atoms with van der Waals surface area (Å²) in [5.41, 5.74) is -0.426. The van der Waals surface area contributed by atoms with E-state index < -0.39 is 29.0 Å². The minimum absolute atomic E-state index is 0. The van der Waals surface area contributed by atoms with Crippen LogP contribution in [0.4, 0.5) is 18.9 Å². The van der Waals surface area contributed by atoms with Gasteiger partial charge in [0.15, 0.2) is 23.4 Å². The molecule has 1 unspecified atom stereocenters. The number of nitrogens with zero attached hydrogens (tertiary/aromatic N) is 1. The second-order valence-corrected chi connectivity index (χ2v) is 6.47. The summed E-state index contributed by atoms with van der Waals surface area (Å²) < 4.78 is 39.6. The van der Waals surface area contributed by atoms with Crippen LogP contribution in [0.15, 0.2) is 34.6 Å². The van der Waals surface area contributed by atoms with Crippen molar-refractivity contribution in [1.29, 1.82) is 0 Å². The zero-order chi connectivity index (χ0) is 19.1. The Morgan fingerprint density at radius 1 is 1.19 bits per heavy atom. The van der Waals surface area contributed by atoms with Gasteiger partial charge in [-0.15, -0.1) is 35.3 Å². The Bertz CT molecular complexity index is 787. The maximum absolute atomic E-state index is 13.5. The zero-order valence-electron chi connectivity index (χ0n) is 14.7. The van der Waals surface area contributed by atoms with Crippen LogP contribution < -0.4 is 16.0 Å². The monoisotopic (exact) mass is 512 g/mol. The van der Waals surface area contributed by atoms with Gasteiger partial charge >= 0.3 is 0 Å². The minimum Gasteiger partial charge on any atom is -0.356 e. The van der Waals surface area contributed by atoms with E-state index in [9.17, 15) is 18.0 Å². The van der Waals surface area contributed by atoms with E-state index in [1.807, 2.05) is 17.5 Å². The van der Waals surface area contributed by atoms with Gasteiger partial charge in [0, 0.05) is 24.4 Å². The lowest BCUT2D eigenvalue weighted by molar-refractivity contribution is -0.115. The van der Waals surface area contributed by atoms with Gasteiger partial charge in [-0.1, -0.05) is 13.0 Å². The first-order chi connectivity index (χ1) is 12.4. The van der Waals surface area contributed by atoms with Gasteiger partial charge in [-0.2, -0.15) is 0 Å². The number of rotatable bonds is 6. The Morgan fingerprint density at radius 3 is 2.56 bits per heavy atom. The molecule has 2 rings (SSSR count). The van der Waals surface area contributed by atoms with Gasteiger partial charge < -0.3 is 16.0 Å². The first-order valence-corrected chi connectivity index (χ1v) is 8.71. The fourth-order valence-corrected chi connectivity index (χ4v) is 2.91. The molecule has 0 aliphatic carbocycles. The standard InChI is InChI=1S/C17H19F3N4OS.HI/c1-10(13-4-3-7-26-13)8-22-17(21-2)23-9-14(25)24-12-6-5-11(18)15(19)16(12)20;/h3-7,10H,8-9H2,1-2H3,(H,24,25)(H2,21,22,23);1H. The maximum atomic E-state index is 13.5. The topological polar surface area (TPSA) is 65.5 Å². The Hall–Kier alpha value is -1.82. The van der Waals surface area contributed by atoms with Crippen molar-refractivity contribution in [2.45, 2.75) is 12.8 Å². The highest BCUT2D eigenvalue weighted by Crippen LogP contribution is 2.20. The summed E-state index contributed by atoms with van der Waals surface area (Å²) in [5.74, 6) is -4.35. The SMILES string of the molecule is CN=C(NCC(=O)Nc1ccc(F)c(F)c1F)NCC(C)c1cccs1.I. The summed E-state index contributed by atoms with van der Waals surface area (Å²) in [5, 5.41) is 10.0. The van der Waals surface area contributed by atoms with Crippen LogP contribution in [0, 0.1) is 17.5 Å². The van der Waals surface area contributed by atoms with Gasteiger partial charge in [-0.25, -0.2) is 13.2 Å². The van der Waals surface area contributed by atoms with Crippen LogP contribution in [0.25, 0.3) is 0 Å². The number of halogens is 4. The summed E-state index contributed by atoms with van der Waals surface area (Å²) >= 11 is 1.66. The van der Waals surface area contributed by atoms with Crippen LogP contribution in [0.5, 0.6) is 0 Å². The molecule has 1 aromatic heterocycles. The van der Waals surface area contributed by atoms with Crippen LogP contribution in [0.2, 0.25) is 0 Å². The number of guanidine groups is 1. The highest BCUT2D eigenvalue weighted by atomic mass is 127. The summed E-state index contributed by atoms with van der Waals surface area (Å²) in [6.45, 7) is 2.45. The number of carbonyl (C=O) groups excluding carboxylic acids is 1. The van der Waals surface area contributed by atoms with E-state index in [2.05, 4.69) is 27.9 Å². The predicted molar refractivity (Wildman–Crippen MR) is 112 cm³/mol. The van der Waals surface area contributed by atoms with Crippen molar-refractivity contribution >= 4 is 52.9 Å². The molecule has 1 heterocycles. The molecule has 0 aliphatic heterocycles. The second kappa shape index (κ2) is 11.1. The van der Waals surface area contributed by atoms with Crippen molar-refractivity contribution < 1.29 is 18.0 Å². The van der Waals surface area contributed by atoms with E-state index in [1.165, 1.54) is 4.88 Å². The number of thiophene rings is 1. The number of benzene rings is 1. The van der Waals surface area contributed by atoms with E-state index in [-0.39, 0.29) is 36.4 Å². The van der Waals surface area contributed by atoms with Gasteiger partial charge in [0.25, 0.3) is 0 Å². The van der Waals surface area contributed by atoms with Crippen molar-refractivity contribution in [3.05, 3.63) is 52.0 Å². The third-order valence-electron chi connectivity index (χ3n) is 3.55. The van der Waals surface area contributed by atoms with Gasteiger partial charge in [0.1, 0.15) is 0 Å². The molecule has 0 fully saturated rings. The number of aliphatic imine (C=N–C) groups is 1.